The first-order valence-corrected chi connectivity index (χ1v) is 6.30. The standard InChI is InChI=1S/C14H22N2O2/c1-4-18-13-8-6-5-7-12(13)10-16(11(2)3)14(17)9-15/h5-8,11H,4,9-10,15H2,1-3H3. The molecule has 0 spiro atoms. The van der Waals surface area contributed by atoms with E-state index in [-0.39, 0.29) is 18.5 Å². The van der Waals surface area contributed by atoms with Crippen molar-refractivity contribution in [1.82, 2.24) is 4.90 Å². The molecule has 0 radical (unpaired) electrons. The second-order valence-electron chi connectivity index (χ2n) is 4.36. The molecule has 0 heterocycles. The summed E-state index contributed by atoms with van der Waals surface area (Å²) in [5.74, 6) is 0.784. The van der Waals surface area contributed by atoms with Gasteiger partial charge in [-0.15, -0.1) is 0 Å². The van der Waals surface area contributed by atoms with Gasteiger partial charge in [0.05, 0.1) is 13.2 Å². The molecule has 4 nitrogen and oxygen atoms in total. The first-order chi connectivity index (χ1) is 8.60. The fourth-order valence-corrected chi connectivity index (χ4v) is 1.79. The van der Waals surface area contributed by atoms with Crippen LogP contribution in [-0.4, -0.2) is 30.0 Å². The summed E-state index contributed by atoms with van der Waals surface area (Å²) in [4.78, 5) is 13.5. The van der Waals surface area contributed by atoms with E-state index in [2.05, 4.69) is 0 Å². The molecular formula is C14H22N2O2. The van der Waals surface area contributed by atoms with Gasteiger partial charge in [-0.05, 0) is 26.8 Å². The SMILES string of the molecule is CCOc1ccccc1CN(C(=O)CN)C(C)C. The molecule has 100 valence electrons. The summed E-state index contributed by atoms with van der Waals surface area (Å²) in [5, 5.41) is 0. The molecule has 4 heteroatoms. The molecule has 0 aliphatic heterocycles. The van der Waals surface area contributed by atoms with Crippen molar-refractivity contribution in [3.63, 3.8) is 0 Å². The zero-order valence-electron chi connectivity index (χ0n) is 11.3. The maximum atomic E-state index is 11.8. The summed E-state index contributed by atoms with van der Waals surface area (Å²) in [6.07, 6.45) is 0. The molecule has 0 aliphatic rings. The highest BCUT2D eigenvalue weighted by atomic mass is 16.5. The van der Waals surface area contributed by atoms with Crippen LogP contribution in [0.3, 0.4) is 0 Å². The summed E-state index contributed by atoms with van der Waals surface area (Å²) in [6, 6.07) is 7.90. The van der Waals surface area contributed by atoms with E-state index < -0.39 is 0 Å². The number of nitrogens with zero attached hydrogens (tertiary/aromatic N) is 1. The Morgan fingerprint density at radius 1 is 1.39 bits per heavy atom. The number of carbonyl (C=O) groups excluding carboxylic acids is 1. The highest BCUT2D eigenvalue weighted by Crippen LogP contribution is 2.20. The summed E-state index contributed by atoms with van der Waals surface area (Å²) < 4.78 is 5.56. The molecule has 0 aliphatic carbocycles. The zero-order chi connectivity index (χ0) is 13.5. The van der Waals surface area contributed by atoms with Crippen LogP contribution in [0, 0.1) is 0 Å². The van der Waals surface area contributed by atoms with E-state index in [0.29, 0.717) is 13.2 Å². The molecule has 2 N–H and O–H groups in total. The highest BCUT2D eigenvalue weighted by molar-refractivity contribution is 5.78. The number of para-hydroxylation sites is 1. The van der Waals surface area contributed by atoms with Crippen molar-refractivity contribution in [1.29, 1.82) is 0 Å². The number of hydrogen-bond donors (Lipinski definition) is 1. The van der Waals surface area contributed by atoms with Crippen LogP contribution in [0.15, 0.2) is 24.3 Å². The number of nitrogens with two attached hydrogens (primary N) is 1. The van der Waals surface area contributed by atoms with Crippen molar-refractivity contribution in [3.05, 3.63) is 29.8 Å². The van der Waals surface area contributed by atoms with E-state index in [1.165, 1.54) is 0 Å². The van der Waals surface area contributed by atoms with E-state index in [9.17, 15) is 4.79 Å². The molecule has 0 saturated carbocycles. The number of benzene rings is 1. The minimum Gasteiger partial charge on any atom is -0.494 e. The number of ether oxygens (including phenoxy) is 1. The van der Waals surface area contributed by atoms with Crippen molar-refractivity contribution in [2.24, 2.45) is 5.73 Å². The fraction of sp³-hybridized carbons (Fsp3) is 0.500. The normalized spacial score (nSPS) is 10.5. The Labute approximate surface area is 109 Å². The van der Waals surface area contributed by atoms with E-state index >= 15 is 0 Å². The topological polar surface area (TPSA) is 55.6 Å². The van der Waals surface area contributed by atoms with Gasteiger partial charge in [0.15, 0.2) is 0 Å². The maximum Gasteiger partial charge on any atom is 0.236 e. The molecular weight excluding hydrogens is 228 g/mol. The Morgan fingerprint density at radius 2 is 2.06 bits per heavy atom. The average Bonchev–Trinajstić information content (AvgIpc) is 2.36. The van der Waals surface area contributed by atoms with Gasteiger partial charge in [0.2, 0.25) is 5.91 Å². The molecule has 0 aromatic heterocycles. The van der Waals surface area contributed by atoms with Crippen LogP contribution in [-0.2, 0) is 11.3 Å². The van der Waals surface area contributed by atoms with Gasteiger partial charge in [-0.25, -0.2) is 0 Å². The first kappa shape index (κ1) is 14.5. The lowest BCUT2D eigenvalue weighted by atomic mass is 10.1. The smallest absolute Gasteiger partial charge is 0.236 e. The third-order valence-corrected chi connectivity index (χ3v) is 2.73. The van der Waals surface area contributed by atoms with E-state index in [1.54, 1.807) is 4.90 Å². The summed E-state index contributed by atoms with van der Waals surface area (Å²) in [6.45, 7) is 7.10. The van der Waals surface area contributed by atoms with Crippen LogP contribution >= 0.6 is 0 Å². The van der Waals surface area contributed by atoms with E-state index in [4.69, 9.17) is 10.5 Å². The lowest BCUT2D eigenvalue weighted by Crippen LogP contribution is -2.40. The minimum absolute atomic E-state index is 0.0367. The van der Waals surface area contributed by atoms with Crippen molar-refractivity contribution in [3.8, 4) is 5.75 Å². The molecule has 0 fully saturated rings. The quantitative estimate of drug-likeness (QED) is 0.837. The fourth-order valence-electron chi connectivity index (χ4n) is 1.79. The molecule has 0 bridgehead atoms. The van der Waals surface area contributed by atoms with Gasteiger partial charge in [-0.1, -0.05) is 18.2 Å². The monoisotopic (exact) mass is 250 g/mol. The number of rotatable bonds is 6. The van der Waals surface area contributed by atoms with Crippen LogP contribution < -0.4 is 10.5 Å². The Hall–Kier alpha value is -1.55. The molecule has 0 atom stereocenters. The van der Waals surface area contributed by atoms with Crippen molar-refractivity contribution in [2.45, 2.75) is 33.4 Å². The second kappa shape index (κ2) is 7.01. The van der Waals surface area contributed by atoms with E-state index in [0.717, 1.165) is 11.3 Å². The van der Waals surface area contributed by atoms with Gasteiger partial charge in [0.25, 0.3) is 0 Å². The number of hydrogen-bond acceptors (Lipinski definition) is 3. The van der Waals surface area contributed by atoms with Crippen LogP contribution in [0.2, 0.25) is 0 Å². The van der Waals surface area contributed by atoms with Crippen LogP contribution in [0.4, 0.5) is 0 Å². The van der Waals surface area contributed by atoms with Gasteiger partial charge < -0.3 is 15.4 Å². The first-order valence-electron chi connectivity index (χ1n) is 6.30. The largest absolute Gasteiger partial charge is 0.494 e. The molecule has 1 aromatic carbocycles. The zero-order valence-corrected chi connectivity index (χ0v) is 11.3. The van der Waals surface area contributed by atoms with Gasteiger partial charge in [-0.3, -0.25) is 4.79 Å². The van der Waals surface area contributed by atoms with Gasteiger partial charge >= 0.3 is 0 Å². The van der Waals surface area contributed by atoms with Gasteiger partial charge in [0, 0.05) is 18.2 Å². The molecule has 18 heavy (non-hydrogen) atoms. The Balaban J connectivity index is 2.89. The van der Waals surface area contributed by atoms with Crippen LogP contribution in [0.1, 0.15) is 26.3 Å². The van der Waals surface area contributed by atoms with Crippen LogP contribution in [0.25, 0.3) is 0 Å². The summed E-state index contributed by atoms with van der Waals surface area (Å²) in [5.41, 5.74) is 6.45. The highest BCUT2D eigenvalue weighted by Gasteiger charge is 2.17. The second-order valence-corrected chi connectivity index (χ2v) is 4.36. The van der Waals surface area contributed by atoms with E-state index in [1.807, 2.05) is 45.0 Å². The molecule has 0 saturated heterocycles. The lowest BCUT2D eigenvalue weighted by molar-refractivity contribution is -0.132. The van der Waals surface area contributed by atoms with Gasteiger partial charge in [-0.2, -0.15) is 0 Å². The third-order valence-electron chi connectivity index (χ3n) is 2.73. The summed E-state index contributed by atoms with van der Waals surface area (Å²) in [7, 11) is 0. The Morgan fingerprint density at radius 3 is 2.61 bits per heavy atom. The Bertz CT molecular complexity index is 391. The number of amides is 1. The molecule has 1 aromatic rings. The predicted molar refractivity (Wildman–Crippen MR) is 72.4 cm³/mol. The molecule has 0 unspecified atom stereocenters. The minimum atomic E-state index is -0.0451. The lowest BCUT2D eigenvalue weighted by Gasteiger charge is -2.27. The average molecular weight is 250 g/mol. The van der Waals surface area contributed by atoms with Crippen molar-refractivity contribution in [2.75, 3.05) is 13.2 Å². The molecule has 1 rings (SSSR count). The summed E-state index contributed by atoms with van der Waals surface area (Å²) >= 11 is 0. The van der Waals surface area contributed by atoms with Crippen LogP contribution in [0.5, 0.6) is 5.75 Å². The number of carbonyl (C=O) groups is 1. The predicted octanol–water partition coefficient (Wildman–Crippen LogP) is 1.78. The maximum absolute atomic E-state index is 11.8. The van der Waals surface area contributed by atoms with Crippen molar-refractivity contribution < 1.29 is 9.53 Å². The van der Waals surface area contributed by atoms with Crippen molar-refractivity contribution >= 4 is 5.91 Å². The van der Waals surface area contributed by atoms with Gasteiger partial charge in [0.1, 0.15) is 5.75 Å². The Kier molecular flexibility index (Phi) is 5.65. The third kappa shape index (κ3) is 3.74. The molecule has 1 amide bonds.